The second-order valence-electron chi connectivity index (χ2n) is 9.03. The van der Waals surface area contributed by atoms with Gasteiger partial charge in [-0.05, 0) is 58.1 Å². The molecule has 150 valence electrons. The Balaban J connectivity index is 1.35. The van der Waals surface area contributed by atoms with Crippen molar-refractivity contribution in [3.63, 3.8) is 0 Å². The molecule has 2 aliphatic rings. The van der Waals surface area contributed by atoms with Gasteiger partial charge in [0.1, 0.15) is 11.4 Å². The van der Waals surface area contributed by atoms with E-state index >= 15 is 0 Å². The molecule has 2 fully saturated rings. The van der Waals surface area contributed by atoms with Crippen molar-refractivity contribution in [3.8, 4) is 0 Å². The Kier molecular flexibility index (Phi) is 4.36. The molecular weight excluding hydrogens is 356 g/mol. The van der Waals surface area contributed by atoms with E-state index in [1.165, 1.54) is 0 Å². The molecule has 0 aromatic carbocycles. The van der Waals surface area contributed by atoms with Gasteiger partial charge in [-0.3, -0.25) is 4.79 Å². The number of aryl methyl sites for hydroxylation is 1. The second kappa shape index (κ2) is 6.50. The standard InChI is InChI=1S/C21H28N4O3/c1-12-7-6-8-25-16(12)9-22-18(25)13(2)23-19(26)17-14-10-24(11-15(14)17)20(27)28-21(3,4)5/h6-9,13-15,17H,10-11H2,1-5H3,(H,23,26). The van der Waals surface area contributed by atoms with E-state index in [0.29, 0.717) is 13.1 Å². The highest BCUT2D eigenvalue weighted by Crippen LogP contribution is 2.52. The van der Waals surface area contributed by atoms with Crippen molar-refractivity contribution in [3.05, 3.63) is 35.9 Å². The maximum atomic E-state index is 12.8. The predicted octanol–water partition coefficient (Wildman–Crippen LogP) is 2.93. The van der Waals surface area contributed by atoms with Crippen LogP contribution in [0.2, 0.25) is 0 Å². The summed E-state index contributed by atoms with van der Waals surface area (Å²) in [5.41, 5.74) is 1.70. The molecule has 1 N–H and O–H groups in total. The number of amides is 2. The number of nitrogens with one attached hydrogen (secondary N) is 1. The van der Waals surface area contributed by atoms with Crippen LogP contribution in [0.3, 0.4) is 0 Å². The number of imidazole rings is 1. The molecule has 1 saturated heterocycles. The molecule has 7 heteroatoms. The Labute approximate surface area is 165 Å². The highest BCUT2D eigenvalue weighted by Gasteiger charge is 2.60. The van der Waals surface area contributed by atoms with Gasteiger partial charge < -0.3 is 19.4 Å². The lowest BCUT2D eigenvalue weighted by Crippen LogP contribution is -2.39. The Morgan fingerprint density at radius 1 is 1.29 bits per heavy atom. The largest absolute Gasteiger partial charge is 0.444 e. The highest BCUT2D eigenvalue weighted by molar-refractivity contribution is 5.83. The zero-order chi connectivity index (χ0) is 20.2. The summed E-state index contributed by atoms with van der Waals surface area (Å²) >= 11 is 0. The van der Waals surface area contributed by atoms with Crippen molar-refractivity contribution in [1.29, 1.82) is 0 Å². The fourth-order valence-corrected chi connectivity index (χ4v) is 4.27. The van der Waals surface area contributed by atoms with Crippen LogP contribution >= 0.6 is 0 Å². The summed E-state index contributed by atoms with van der Waals surface area (Å²) < 4.78 is 7.45. The molecule has 0 bridgehead atoms. The first-order valence-electron chi connectivity index (χ1n) is 9.86. The van der Waals surface area contributed by atoms with Crippen molar-refractivity contribution in [2.45, 2.75) is 46.3 Å². The van der Waals surface area contributed by atoms with Gasteiger partial charge in [0.2, 0.25) is 5.91 Å². The van der Waals surface area contributed by atoms with Crippen LogP contribution in [0, 0.1) is 24.7 Å². The van der Waals surface area contributed by atoms with E-state index in [0.717, 1.165) is 16.9 Å². The summed E-state index contributed by atoms with van der Waals surface area (Å²) in [5.74, 6) is 1.33. The van der Waals surface area contributed by atoms with Crippen molar-refractivity contribution in [2.24, 2.45) is 17.8 Å². The van der Waals surface area contributed by atoms with Crippen molar-refractivity contribution < 1.29 is 14.3 Å². The van der Waals surface area contributed by atoms with E-state index in [1.54, 1.807) is 4.90 Å². The van der Waals surface area contributed by atoms with Gasteiger partial charge in [-0.2, -0.15) is 0 Å². The maximum absolute atomic E-state index is 12.8. The number of carbonyl (C=O) groups is 2. The fourth-order valence-electron chi connectivity index (χ4n) is 4.27. The number of pyridine rings is 1. The number of rotatable bonds is 3. The number of likely N-dealkylation sites (tertiary alicyclic amines) is 1. The van der Waals surface area contributed by atoms with Crippen LogP contribution in [0.4, 0.5) is 4.79 Å². The number of carbonyl (C=O) groups excluding carboxylic acids is 2. The minimum atomic E-state index is -0.499. The number of aromatic nitrogens is 2. The topological polar surface area (TPSA) is 75.9 Å². The summed E-state index contributed by atoms with van der Waals surface area (Å²) in [5, 5.41) is 3.11. The summed E-state index contributed by atoms with van der Waals surface area (Å²) in [6.45, 7) is 10.8. The SMILES string of the molecule is Cc1cccn2c(C(C)NC(=O)C3C4CN(C(=O)OC(C)(C)C)CC43)ncc12. The molecule has 2 amide bonds. The quantitative estimate of drug-likeness (QED) is 0.883. The highest BCUT2D eigenvalue weighted by atomic mass is 16.6. The van der Waals surface area contributed by atoms with Gasteiger partial charge >= 0.3 is 6.09 Å². The van der Waals surface area contributed by atoms with Crippen LogP contribution < -0.4 is 5.32 Å². The Morgan fingerprint density at radius 2 is 1.96 bits per heavy atom. The lowest BCUT2D eigenvalue weighted by molar-refractivity contribution is -0.124. The molecule has 1 aliphatic carbocycles. The zero-order valence-corrected chi connectivity index (χ0v) is 17.1. The Morgan fingerprint density at radius 3 is 2.61 bits per heavy atom. The summed E-state index contributed by atoms with van der Waals surface area (Å²) in [6, 6.07) is 3.85. The summed E-state index contributed by atoms with van der Waals surface area (Å²) in [7, 11) is 0. The van der Waals surface area contributed by atoms with Crippen molar-refractivity contribution in [1.82, 2.24) is 19.6 Å². The lowest BCUT2D eigenvalue weighted by Gasteiger charge is -2.26. The van der Waals surface area contributed by atoms with Crippen molar-refractivity contribution in [2.75, 3.05) is 13.1 Å². The van der Waals surface area contributed by atoms with Gasteiger partial charge in [-0.25, -0.2) is 9.78 Å². The molecule has 0 radical (unpaired) electrons. The van der Waals surface area contributed by atoms with Crippen LogP contribution in [-0.2, 0) is 9.53 Å². The summed E-state index contributed by atoms with van der Waals surface area (Å²) in [6.07, 6.45) is 3.53. The number of nitrogens with zero attached hydrogens (tertiary/aromatic N) is 3. The van der Waals surface area contributed by atoms with E-state index in [9.17, 15) is 9.59 Å². The van der Waals surface area contributed by atoms with Crippen LogP contribution in [0.25, 0.3) is 5.52 Å². The number of hydrogen-bond donors (Lipinski definition) is 1. The van der Waals surface area contributed by atoms with Crippen LogP contribution in [0.1, 0.15) is 45.1 Å². The molecule has 0 spiro atoms. The number of ether oxygens (including phenoxy) is 1. The lowest BCUT2D eigenvalue weighted by atomic mass is 10.2. The first-order chi connectivity index (χ1) is 13.2. The average Bonchev–Trinajstić information content (AvgIpc) is 2.96. The van der Waals surface area contributed by atoms with E-state index in [2.05, 4.69) is 10.3 Å². The van der Waals surface area contributed by atoms with E-state index in [1.807, 2.05) is 63.5 Å². The van der Waals surface area contributed by atoms with E-state index < -0.39 is 5.60 Å². The minimum absolute atomic E-state index is 0.0194. The molecule has 1 saturated carbocycles. The molecule has 3 heterocycles. The third kappa shape index (κ3) is 3.34. The number of hydrogen-bond acceptors (Lipinski definition) is 4. The second-order valence-corrected chi connectivity index (χ2v) is 9.03. The van der Waals surface area contributed by atoms with Gasteiger partial charge in [0.25, 0.3) is 0 Å². The van der Waals surface area contributed by atoms with Gasteiger partial charge in [0, 0.05) is 25.2 Å². The van der Waals surface area contributed by atoms with Crippen LogP contribution in [0.5, 0.6) is 0 Å². The number of fused-ring (bicyclic) bond motifs is 2. The number of piperidine rings is 1. The molecular formula is C21H28N4O3. The Bertz CT molecular complexity index is 917. The molecule has 3 atom stereocenters. The Hall–Kier alpha value is -2.57. The van der Waals surface area contributed by atoms with E-state index in [-0.39, 0.29) is 35.8 Å². The predicted molar refractivity (Wildman–Crippen MR) is 105 cm³/mol. The minimum Gasteiger partial charge on any atom is -0.444 e. The molecule has 2 aromatic heterocycles. The molecule has 1 aliphatic heterocycles. The molecule has 3 unspecified atom stereocenters. The van der Waals surface area contributed by atoms with Crippen molar-refractivity contribution >= 4 is 17.5 Å². The third-order valence-electron chi connectivity index (χ3n) is 5.71. The van der Waals surface area contributed by atoms with Crippen LogP contribution in [0.15, 0.2) is 24.5 Å². The molecule has 7 nitrogen and oxygen atoms in total. The fraction of sp³-hybridized carbons (Fsp3) is 0.571. The molecule has 28 heavy (non-hydrogen) atoms. The monoisotopic (exact) mass is 384 g/mol. The third-order valence-corrected chi connectivity index (χ3v) is 5.71. The van der Waals surface area contributed by atoms with Gasteiger partial charge in [-0.1, -0.05) is 6.07 Å². The first kappa shape index (κ1) is 18.8. The van der Waals surface area contributed by atoms with Gasteiger partial charge in [0.15, 0.2) is 0 Å². The van der Waals surface area contributed by atoms with Gasteiger partial charge in [0.05, 0.1) is 17.8 Å². The smallest absolute Gasteiger partial charge is 0.410 e. The molecule has 2 aromatic rings. The zero-order valence-electron chi connectivity index (χ0n) is 17.1. The first-order valence-corrected chi connectivity index (χ1v) is 9.86. The maximum Gasteiger partial charge on any atom is 0.410 e. The van der Waals surface area contributed by atoms with Gasteiger partial charge in [-0.15, -0.1) is 0 Å². The normalized spacial score (nSPS) is 24.8. The summed E-state index contributed by atoms with van der Waals surface area (Å²) in [4.78, 5) is 31.2. The van der Waals surface area contributed by atoms with Crippen LogP contribution in [-0.4, -0.2) is 45.0 Å². The average molecular weight is 384 g/mol. The van der Waals surface area contributed by atoms with E-state index in [4.69, 9.17) is 4.74 Å². The molecule has 4 rings (SSSR count).